The third kappa shape index (κ3) is 3.04. The molecule has 0 aromatic carbocycles. The van der Waals surface area contributed by atoms with Crippen molar-refractivity contribution in [1.82, 2.24) is 9.97 Å². The van der Waals surface area contributed by atoms with Gasteiger partial charge >= 0.3 is 5.97 Å². The van der Waals surface area contributed by atoms with Crippen molar-refractivity contribution in [3.63, 3.8) is 0 Å². The Balaban J connectivity index is 2.03. The fourth-order valence-electron chi connectivity index (χ4n) is 1.42. The van der Waals surface area contributed by atoms with Gasteiger partial charge in [0.2, 0.25) is 0 Å². The zero-order valence-electron chi connectivity index (χ0n) is 10.1. The molecule has 2 rings (SSSR count). The van der Waals surface area contributed by atoms with Crippen LogP contribution in [0.4, 0.5) is 5.82 Å². The van der Waals surface area contributed by atoms with Crippen LogP contribution in [0.2, 0.25) is 0 Å². The molecule has 18 heavy (non-hydrogen) atoms. The summed E-state index contributed by atoms with van der Waals surface area (Å²) in [4.78, 5) is 19.8. The summed E-state index contributed by atoms with van der Waals surface area (Å²) in [6, 6.07) is 3.27. The van der Waals surface area contributed by atoms with E-state index in [1.54, 1.807) is 29.7 Å². The maximum absolute atomic E-state index is 11.4. The number of anilines is 1. The highest BCUT2D eigenvalue weighted by molar-refractivity contribution is 7.09. The second-order valence-corrected chi connectivity index (χ2v) is 4.60. The first-order valence-corrected chi connectivity index (χ1v) is 6.26. The van der Waals surface area contributed by atoms with Gasteiger partial charge in [0, 0.05) is 17.3 Å². The average Bonchev–Trinajstić information content (AvgIpc) is 2.81. The Bertz CT molecular complexity index is 554. The quantitative estimate of drug-likeness (QED) is 0.857. The monoisotopic (exact) mass is 263 g/mol. The van der Waals surface area contributed by atoms with Gasteiger partial charge in [-0.3, -0.25) is 0 Å². The van der Waals surface area contributed by atoms with Crippen molar-refractivity contribution in [2.75, 3.05) is 12.4 Å². The SMILES string of the molecule is COC(=O)c1ccnc(NCc2nc(C)cs2)c1. The lowest BCUT2D eigenvalue weighted by Gasteiger charge is -2.04. The van der Waals surface area contributed by atoms with Gasteiger partial charge in [-0.25, -0.2) is 14.8 Å². The number of pyridine rings is 1. The molecule has 2 heterocycles. The lowest BCUT2D eigenvalue weighted by atomic mass is 10.2. The Labute approximate surface area is 109 Å². The molecule has 94 valence electrons. The van der Waals surface area contributed by atoms with E-state index in [2.05, 4.69) is 20.0 Å². The molecular weight excluding hydrogens is 250 g/mol. The number of hydrogen-bond acceptors (Lipinski definition) is 6. The van der Waals surface area contributed by atoms with Crippen molar-refractivity contribution >= 4 is 23.1 Å². The number of methoxy groups -OCH3 is 1. The Hall–Kier alpha value is -1.95. The molecule has 2 aromatic heterocycles. The van der Waals surface area contributed by atoms with E-state index in [9.17, 15) is 4.79 Å². The number of esters is 1. The zero-order valence-corrected chi connectivity index (χ0v) is 11.0. The number of nitrogens with one attached hydrogen (secondary N) is 1. The Morgan fingerprint density at radius 3 is 3.06 bits per heavy atom. The van der Waals surface area contributed by atoms with Crippen LogP contribution in [0.5, 0.6) is 0 Å². The van der Waals surface area contributed by atoms with Gasteiger partial charge in [-0.15, -0.1) is 11.3 Å². The fourth-order valence-corrected chi connectivity index (χ4v) is 2.13. The standard InChI is InChI=1S/C12H13N3O2S/c1-8-7-18-11(15-8)6-14-10-5-9(3-4-13-10)12(16)17-2/h3-5,7H,6H2,1-2H3,(H,13,14). The highest BCUT2D eigenvalue weighted by Crippen LogP contribution is 2.12. The van der Waals surface area contributed by atoms with E-state index < -0.39 is 0 Å². The third-order valence-electron chi connectivity index (χ3n) is 2.27. The average molecular weight is 263 g/mol. The van der Waals surface area contributed by atoms with Gasteiger partial charge in [0.1, 0.15) is 10.8 Å². The van der Waals surface area contributed by atoms with Gasteiger partial charge in [-0.05, 0) is 19.1 Å². The molecule has 0 aliphatic rings. The molecule has 2 aromatic rings. The number of carbonyl (C=O) groups excluding carboxylic acids is 1. The molecule has 0 spiro atoms. The van der Waals surface area contributed by atoms with Crippen molar-refractivity contribution in [3.8, 4) is 0 Å². The predicted octanol–water partition coefficient (Wildman–Crippen LogP) is 2.25. The molecule has 0 fully saturated rings. The molecule has 0 radical (unpaired) electrons. The zero-order chi connectivity index (χ0) is 13.0. The topological polar surface area (TPSA) is 64.1 Å². The van der Waals surface area contributed by atoms with E-state index in [0.29, 0.717) is 17.9 Å². The molecule has 5 nitrogen and oxygen atoms in total. The minimum atomic E-state index is -0.370. The van der Waals surface area contributed by atoms with Gasteiger partial charge in [-0.1, -0.05) is 0 Å². The Morgan fingerprint density at radius 1 is 1.56 bits per heavy atom. The van der Waals surface area contributed by atoms with Crippen LogP contribution in [-0.2, 0) is 11.3 Å². The maximum Gasteiger partial charge on any atom is 0.338 e. The molecule has 0 saturated carbocycles. The smallest absolute Gasteiger partial charge is 0.338 e. The normalized spacial score (nSPS) is 10.1. The molecule has 0 aliphatic carbocycles. The Morgan fingerprint density at radius 2 is 2.39 bits per heavy atom. The summed E-state index contributed by atoms with van der Waals surface area (Å²) in [5, 5.41) is 6.10. The van der Waals surface area contributed by atoms with Crippen LogP contribution in [0.25, 0.3) is 0 Å². The summed E-state index contributed by atoms with van der Waals surface area (Å²) in [5.74, 6) is 0.260. The summed E-state index contributed by atoms with van der Waals surface area (Å²) in [5.41, 5.74) is 1.48. The number of aromatic nitrogens is 2. The van der Waals surface area contributed by atoms with Crippen LogP contribution in [-0.4, -0.2) is 23.0 Å². The number of hydrogen-bond donors (Lipinski definition) is 1. The van der Waals surface area contributed by atoms with E-state index in [-0.39, 0.29) is 5.97 Å². The van der Waals surface area contributed by atoms with Gasteiger partial charge in [0.15, 0.2) is 0 Å². The van der Waals surface area contributed by atoms with Crippen LogP contribution in [0, 0.1) is 6.92 Å². The van der Waals surface area contributed by atoms with Crippen LogP contribution >= 0.6 is 11.3 Å². The summed E-state index contributed by atoms with van der Waals surface area (Å²) in [6.45, 7) is 2.55. The number of nitrogens with zero attached hydrogens (tertiary/aromatic N) is 2. The van der Waals surface area contributed by atoms with Crippen molar-refractivity contribution in [2.24, 2.45) is 0 Å². The first kappa shape index (κ1) is 12.5. The lowest BCUT2D eigenvalue weighted by molar-refractivity contribution is 0.0600. The minimum absolute atomic E-state index is 0.370. The Kier molecular flexibility index (Phi) is 3.88. The number of rotatable bonds is 4. The second-order valence-electron chi connectivity index (χ2n) is 3.66. The van der Waals surface area contributed by atoms with Crippen LogP contribution in [0.1, 0.15) is 21.1 Å². The highest BCUT2D eigenvalue weighted by atomic mass is 32.1. The number of carbonyl (C=O) groups is 1. The molecule has 0 unspecified atom stereocenters. The fraction of sp³-hybridized carbons (Fsp3) is 0.250. The van der Waals surface area contributed by atoms with Gasteiger partial charge in [0.25, 0.3) is 0 Å². The van der Waals surface area contributed by atoms with Gasteiger partial charge < -0.3 is 10.1 Å². The first-order chi connectivity index (χ1) is 8.69. The molecule has 0 aliphatic heterocycles. The molecule has 0 atom stereocenters. The van der Waals surface area contributed by atoms with E-state index >= 15 is 0 Å². The molecule has 0 saturated heterocycles. The van der Waals surface area contributed by atoms with Crippen LogP contribution < -0.4 is 5.32 Å². The van der Waals surface area contributed by atoms with Crippen molar-refractivity contribution < 1.29 is 9.53 Å². The summed E-state index contributed by atoms with van der Waals surface area (Å²) in [6.07, 6.45) is 1.57. The first-order valence-electron chi connectivity index (χ1n) is 5.38. The summed E-state index contributed by atoms with van der Waals surface area (Å²) in [7, 11) is 1.36. The molecule has 0 bridgehead atoms. The van der Waals surface area contributed by atoms with E-state index in [0.717, 1.165) is 10.7 Å². The van der Waals surface area contributed by atoms with Crippen molar-refractivity contribution in [1.29, 1.82) is 0 Å². The largest absolute Gasteiger partial charge is 0.465 e. The molecule has 1 N–H and O–H groups in total. The minimum Gasteiger partial charge on any atom is -0.465 e. The van der Waals surface area contributed by atoms with E-state index in [1.807, 2.05) is 12.3 Å². The van der Waals surface area contributed by atoms with Crippen LogP contribution in [0.15, 0.2) is 23.7 Å². The number of ether oxygens (including phenoxy) is 1. The molecule has 6 heteroatoms. The van der Waals surface area contributed by atoms with Crippen molar-refractivity contribution in [2.45, 2.75) is 13.5 Å². The maximum atomic E-state index is 11.4. The summed E-state index contributed by atoms with van der Waals surface area (Å²) >= 11 is 1.59. The predicted molar refractivity (Wildman–Crippen MR) is 69.8 cm³/mol. The van der Waals surface area contributed by atoms with Crippen LogP contribution in [0.3, 0.4) is 0 Å². The molecule has 0 amide bonds. The third-order valence-corrected chi connectivity index (χ3v) is 3.24. The lowest BCUT2D eigenvalue weighted by Crippen LogP contribution is -2.05. The van der Waals surface area contributed by atoms with Gasteiger partial charge in [0.05, 0.1) is 19.2 Å². The number of thiazole rings is 1. The second kappa shape index (κ2) is 5.59. The van der Waals surface area contributed by atoms with Crippen molar-refractivity contribution in [3.05, 3.63) is 40.0 Å². The summed E-state index contributed by atoms with van der Waals surface area (Å²) < 4.78 is 4.65. The van der Waals surface area contributed by atoms with E-state index in [4.69, 9.17) is 0 Å². The highest BCUT2D eigenvalue weighted by Gasteiger charge is 2.06. The van der Waals surface area contributed by atoms with E-state index in [1.165, 1.54) is 7.11 Å². The number of aryl methyl sites for hydroxylation is 1. The van der Waals surface area contributed by atoms with Gasteiger partial charge in [-0.2, -0.15) is 0 Å². The molecular formula is C12H13N3O2S.